The molecule has 0 amide bonds. The maximum atomic E-state index is 9.23. The molecule has 0 atom stereocenters. The molecule has 1 aliphatic rings. The lowest BCUT2D eigenvalue weighted by atomic mass is 9.95. The van der Waals surface area contributed by atoms with E-state index in [9.17, 15) is 5.11 Å². The molecule has 12 heavy (non-hydrogen) atoms. The van der Waals surface area contributed by atoms with Gasteiger partial charge in [-0.25, -0.2) is 0 Å². The van der Waals surface area contributed by atoms with Gasteiger partial charge in [-0.2, -0.15) is 0 Å². The van der Waals surface area contributed by atoms with Gasteiger partial charge >= 0.3 is 0 Å². The minimum absolute atomic E-state index is 0.111. The number of aliphatic hydroxyl groups excluding tert-OH is 1. The highest BCUT2D eigenvalue weighted by molar-refractivity contribution is 7.80. The lowest BCUT2D eigenvalue weighted by Gasteiger charge is -2.25. The van der Waals surface area contributed by atoms with Crippen LogP contribution in [-0.2, 0) is 4.74 Å². The highest BCUT2D eigenvalue weighted by atomic mass is 32.1. The van der Waals surface area contributed by atoms with Crippen molar-refractivity contribution in [1.29, 1.82) is 0 Å². The maximum absolute atomic E-state index is 9.23. The second kappa shape index (κ2) is 4.77. The molecule has 0 spiro atoms. The van der Waals surface area contributed by atoms with Crippen LogP contribution in [0.3, 0.4) is 0 Å². The van der Waals surface area contributed by atoms with E-state index >= 15 is 0 Å². The maximum Gasteiger partial charge on any atom is 0.159 e. The van der Waals surface area contributed by atoms with Gasteiger partial charge in [-0.15, -0.1) is 0 Å². The highest BCUT2D eigenvalue weighted by Gasteiger charge is 2.20. The zero-order chi connectivity index (χ0) is 8.97. The van der Waals surface area contributed by atoms with Crippen molar-refractivity contribution in [2.24, 2.45) is 0 Å². The molecule has 0 aromatic rings. The van der Waals surface area contributed by atoms with Crippen LogP contribution in [0.15, 0.2) is 0 Å². The highest BCUT2D eigenvalue weighted by Crippen LogP contribution is 2.21. The van der Waals surface area contributed by atoms with E-state index in [4.69, 9.17) is 17.0 Å². The number of hydrogen-bond donors (Lipinski definition) is 1. The molecular formula is C9H16O2S. The molecule has 1 saturated carbocycles. The fourth-order valence-corrected chi connectivity index (χ4v) is 1.57. The van der Waals surface area contributed by atoms with E-state index in [0.29, 0.717) is 5.05 Å². The molecule has 0 saturated heterocycles. The molecule has 0 aromatic heterocycles. The van der Waals surface area contributed by atoms with E-state index in [2.05, 4.69) is 0 Å². The quantitative estimate of drug-likeness (QED) is 0.672. The Hall–Kier alpha value is -0.150. The third-order valence-corrected chi connectivity index (χ3v) is 2.62. The summed E-state index contributed by atoms with van der Waals surface area (Å²) < 4.78 is 5.51. The smallest absolute Gasteiger partial charge is 0.159 e. The predicted molar refractivity (Wildman–Crippen MR) is 52.2 cm³/mol. The van der Waals surface area contributed by atoms with Gasteiger partial charge in [-0.05, 0) is 37.9 Å². The number of aliphatic hydroxyl groups is 1. The molecule has 0 aromatic carbocycles. The normalized spacial score (nSPS) is 29.8. The third-order valence-electron chi connectivity index (χ3n) is 2.23. The second-order valence-electron chi connectivity index (χ2n) is 3.27. The summed E-state index contributed by atoms with van der Waals surface area (Å²) in [6.07, 6.45) is 4.58. The van der Waals surface area contributed by atoms with Crippen molar-refractivity contribution in [3.05, 3.63) is 0 Å². The van der Waals surface area contributed by atoms with Crippen molar-refractivity contribution in [3.8, 4) is 0 Å². The zero-order valence-electron chi connectivity index (χ0n) is 7.45. The summed E-state index contributed by atoms with van der Waals surface area (Å²) in [7, 11) is 0. The van der Waals surface area contributed by atoms with E-state index in [1.165, 1.54) is 0 Å². The summed E-state index contributed by atoms with van der Waals surface area (Å²) in [6.45, 7) is 2.00. The summed E-state index contributed by atoms with van der Waals surface area (Å²) >= 11 is 4.98. The van der Waals surface area contributed by atoms with Gasteiger partial charge in [0.05, 0.1) is 12.2 Å². The van der Waals surface area contributed by atoms with Crippen LogP contribution >= 0.6 is 12.2 Å². The van der Waals surface area contributed by atoms with Gasteiger partial charge in [0.15, 0.2) is 5.05 Å². The van der Waals surface area contributed by atoms with Gasteiger partial charge in [0, 0.05) is 6.42 Å². The number of hydrogen-bond acceptors (Lipinski definition) is 3. The fraction of sp³-hybridized carbons (Fsp3) is 0.889. The van der Waals surface area contributed by atoms with Crippen molar-refractivity contribution in [1.82, 2.24) is 0 Å². The van der Waals surface area contributed by atoms with Gasteiger partial charge in [-0.3, -0.25) is 0 Å². The van der Waals surface area contributed by atoms with Crippen LogP contribution in [0.4, 0.5) is 0 Å². The first-order valence-electron chi connectivity index (χ1n) is 4.60. The molecule has 0 unspecified atom stereocenters. The SMILES string of the molecule is CCC(=S)OC1CCC(O)CC1. The Morgan fingerprint density at radius 2 is 2.00 bits per heavy atom. The minimum Gasteiger partial charge on any atom is -0.484 e. The van der Waals surface area contributed by atoms with Gasteiger partial charge in [0.1, 0.15) is 0 Å². The summed E-state index contributed by atoms with van der Waals surface area (Å²) in [5, 5.41) is 9.93. The van der Waals surface area contributed by atoms with Crippen LogP contribution in [0, 0.1) is 0 Å². The molecular weight excluding hydrogens is 172 g/mol. The summed E-state index contributed by atoms with van der Waals surface area (Å²) in [5.41, 5.74) is 0. The number of ether oxygens (including phenoxy) is 1. The molecule has 0 heterocycles. The molecule has 0 bridgehead atoms. The number of rotatable bonds is 2. The van der Waals surface area contributed by atoms with Crippen molar-refractivity contribution in [2.45, 2.75) is 51.2 Å². The summed E-state index contributed by atoms with van der Waals surface area (Å²) in [6, 6.07) is 0. The Bertz CT molecular complexity index is 151. The van der Waals surface area contributed by atoms with E-state index in [0.717, 1.165) is 32.1 Å². The predicted octanol–water partition coefficient (Wildman–Crippen LogP) is 2.04. The van der Waals surface area contributed by atoms with Gasteiger partial charge < -0.3 is 9.84 Å². The standard InChI is InChI=1S/C9H16O2S/c1-2-9(12)11-8-5-3-7(10)4-6-8/h7-8,10H,2-6H2,1H3. The van der Waals surface area contributed by atoms with Crippen molar-refractivity contribution < 1.29 is 9.84 Å². The third kappa shape index (κ3) is 3.07. The molecule has 1 fully saturated rings. The molecule has 2 nitrogen and oxygen atoms in total. The lowest BCUT2D eigenvalue weighted by molar-refractivity contribution is 0.0614. The summed E-state index contributed by atoms with van der Waals surface area (Å²) in [4.78, 5) is 0. The van der Waals surface area contributed by atoms with Gasteiger partial charge in [0.2, 0.25) is 0 Å². The van der Waals surface area contributed by atoms with Gasteiger partial charge in [-0.1, -0.05) is 6.92 Å². The fourth-order valence-electron chi connectivity index (χ4n) is 1.43. The molecule has 0 radical (unpaired) electrons. The van der Waals surface area contributed by atoms with Crippen LogP contribution in [0.25, 0.3) is 0 Å². The van der Waals surface area contributed by atoms with Crippen LogP contribution in [0.2, 0.25) is 0 Å². The molecule has 3 heteroatoms. The average molecular weight is 188 g/mol. The van der Waals surface area contributed by atoms with E-state index in [1.807, 2.05) is 6.92 Å². The van der Waals surface area contributed by atoms with Gasteiger partial charge in [0.25, 0.3) is 0 Å². The van der Waals surface area contributed by atoms with Crippen molar-refractivity contribution in [3.63, 3.8) is 0 Å². The van der Waals surface area contributed by atoms with Crippen molar-refractivity contribution in [2.75, 3.05) is 0 Å². The first-order chi connectivity index (χ1) is 5.72. The molecule has 1 aliphatic carbocycles. The Morgan fingerprint density at radius 3 is 2.50 bits per heavy atom. The average Bonchev–Trinajstić information content (AvgIpc) is 2.09. The molecule has 0 aliphatic heterocycles. The zero-order valence-corrected chi connectivity index (χ0v) is 8.27. The Balaban J connectivity index is 2.21. The first-order valence-corrected chi connectivity index (χ1v) is 5.00. The van der Waals surface area contributed by atoms with E-state index < -0.39 is 0 Å². The lowest BCUT2D eigenvalue weighted by Crippen LogP contribution is -2.25. The Labute approximate surface area is 78.9 Å². The first kappa shape index (κ1) is 9.93. The van der Waals surface area contributed by atoms with Crippen LogP contribution in [-0.4, -0.2) is 22.4 Å². The molecule has 1 rings (SSSR count). The van der Waals surface area contributed by atoms with Crippen LogP contribution in [0.5, 0.6) is 0 Å². The van der Waals surface area contributed by atoms with Crippen LogP contribution in [0.1, 0.15) is 39.0 Å². The molecule has 1 N–H and O–H groups in total. The van der Waals surface area contributed by atoms with E-state index in [-0.39, 0.29) is 12.2 Å². The monoisotopic (exact) mass is 188 g/mol. The summed E-state index contributed by atoms with van der Waals surface area (Å²) in [5.74, 6) is 0. The van der Waals surface area contributed by atoms with Crippen molar-refractivity contribution >= 4 is 17.3 Å². The topological polar surface area (TPSA) is 29.5 Å². The van der Waals surface area contributed by atoms with Crippen LogP contribution < -0.4 is 0 Å². The number of thiocarbonyl (C=S) groups is 1. The minimum atomic E-state index is -0.111. The van der Waals surface area contributed by atoms with E-state index in [1.54, 1.807) is 0 Å². The Morgan fingerprint density at radius 1 is 1.42 bits per heavy atom. The second-order valence-corrected chi connectivity index (χ2v) is 3.73. The Kier molecular flexibility index (Phi) is 3.95. The largest absolute Gasteiger partial charge is 0.484 e. The molecule has 70 valence electrons.